The number of aromatic amines is 1. The molecule has 1 fully saturated rings. The molecule has 148 valence electrons. The molecule has 0 spiro atoms. The summed E-state index contributed by atoms with van der Waals surface area (Å²) < 4.78 is 6.58. The fraction of sp³-hybridized carbons (Fsp3) is 0.318. The number of aromatic nitrogens is 3. The summed E-state index contributed by atoms with van der Waals surface area (Å²) >= 11 is 0. The number of ether oxygens (including phenoxy) is 1. The first kappa shape index (κ1) is 19.0. The van der Waals surface area contributed by atoms with Crippen LogP contribution >= 0.6 is 0 Å². The topological polar surface area (TPSA) is 86.9 Å². The second-order valence-electron chi connectivity index (χ2n) is 7.28. The molecular formula is C22H23N5O2. The summed E-state index contributed by atoms with van der Waals surface area (Å²) in [7, 11) is 1.61. The zero-order valence-electron chi connectivity index (χ0n) is 16.3. The molecule has 0 saturated carbocycles. The van der Waals surface area contributed by atoms with Crippen LogP contribution in [-0.2, 0) is 6.54 Å². The highest BCUT2D eigenvalue weighted by Crippen LogP contribution is 2.26. The van der Waals surface area contributed by atoms with Crippen LogP contribution in [0, 0.1) is 11.3 Å². The highest BCUT2D eigenvalue weighted by molar-refractivity contribution is 5.36. The van der Waals surface area contributed by atoms with Crippen molar-refractivity contribution >= 4 is 0 Å². The van der Waals surface area contributed by atoms with Gasteiger partial charge in [0.1, 0.15) is 11.6 Å². The van der Waals surface area contributed by atoms with Crippen LogP contribution in [0.4, 0.5) is 0 Å². The molecule has 2 heterocycles. The zero-order valence-corrected chi connectivity index (χ0v) is 16.3. The first-order valence-electron chi connectivity index (χ1n) is 9.71. The third kappa shape index (κ3) is 4.23. The lowest BCUT2D eigenvalue weighted by Crippen LogP contribution is -2.32. The lowest BCUT2D eigenvalue weighted by molar-refractivity contribution is 0.201. The molecule has 1 N–H and O–H groups in total. The molecule has 0 aliphatic carbocycles. The number of methoxy groups -OCH3 is 1. The third-order valence-corrected chi connectivity index (χ3v) is 5.42. The van der Waals surface area contributed by atoms with Crippen molar-refractivity contribution in [1.82, 2.24) is 19.7 Å². The molecule has 0 atom stereocenters. The van der Waals surface area contributed by atoms with Crippen LogP contribution in [0.25, 0.3) is 5.69 Å². The van der Waals surface area contributed by atoms with Crippen LogP contribution in [0.2, 0.25) is 0 Å². The van der Waals surface area contributed by atoms with E-state index < -0.39 is 0 Å². The van der Waals surface area contributed by atoms with Crippen LogP contribution in [0.5, 0.6) is 5.75 Å². The maximum atomic E-state index is 12.4. The van der Waals surface area contributed by atoms with Crippen LogP contribution in [0.15, 0.2) is 53.3 Å². The average Bonchev–Trinajstić information content (AvgIpc) is 3.16. The van der Waals surface area contributed by atoms with E-state index in [9.17, 15) is 4.79 Å². The molecule has 29 heavy (non-hydrogen) atoms. The second kappa shape index (κ2) is 8.33. The largest absolute Gasteiger partial charge is 0.497 e. The molecule has 2 aromatic carbocycles. The fourth-order valence-corrected chi connectivity index (χ4v) is 3.73. The van der Waals surface area contributed by atoms with Gasteiger partial charge in [-0.3, -0.25) is 9.88 Å². The van der Waals surface area contributed by atoms with Gasteiger partial charge in [0.2, 0.25) is 0 Å². The first-order chi connectivity index (χ1) is 14.2. The summed E-state index contributed by atoms with van der Waals surface area (Å²) in [5.41, 5.74) is 2.39. The van der Waals surface area contributed by atoms with Gasteiger partial charge in [-0.1, -0.05) is 12.1 Å². The van der Waals surface area contributed by atoms with Gasteiger partial charge >= 0.3 is 5.69 Å². The van der Waals surface area contributed by atoms with Crippen LogP contribution in [0.3, 0.4) is 0 Å². The van der Waals surface area contributed by atoms with Crippen molar-refractivity contribution in [2.75, 3.05) is 20.2 Å². The minimum absolute atomic E-state index is 0.217. The summed E-state index contributed by atoms with van der Waals surface area (Å²) in [5.74, 6) is 1.75. The Morgan fingerprint density at radius 2 is 1.83 bits per heavy atom. The summed E-state index contributed by atoms with van der Waals surface area (Å²) in [6.45, 7) is 2.76. The number of piperidine rings is 1. The molecule has 0 radical (unpaired) electrons. The lowest BCUT2D eigenvalue weighted by atomic mass is 9.96. The Balaban J connectivity index is 1.39. The third-order valence-electron chi connectivity index (χ3n) is 5.42. The molecule has 7 nitrogen and oxygen atoms in total. The van der Waals surface area contributed by atoms with E-state index in [1.165, 1.54) is 10.2 Å². The normalized spacial score (nSPS) is 15.2. The maximum absolute atomic E-state index is 12.4. The van der Waals surface area contributed by atoms with Gasteiger partial charge in [-0.05, 0) is 67.9 Å². The van der Waals surface area contributed by atoms with E-state index in [0.717, 1.165) is 49.7 Å². The van der Waals surface area contributed by atoms with Gasteiger partial charge in [0.05, 0.1) is 24.4 Å². The predicted octanol–water partition coefficient (Wildman–Crippen LogP) is 2.82. The number of hydrogen-bond acceptors (Lipinski definition) is 5. The number of benzene rings is 2. The minimum Gasteiger partial charge on any atom is -0.497 e. The van der Waals surface area contributed by atoms with Crippen molar-refractivity contribution in [3.05, 3.63) is 76.0 Å². The Bertz CT molecular complexity index is 1050. The van der Waals surface area contributed by atoms with Gasteiger partial charge in [0, 0.05) is 12.5 Å². The van der Waals surface area contributed by atoms with Crippen molar-refractivity contribution in [1.29, 1.82) is 5.26 Å². The summed E-state index contributed by atoms with van der Waals surface area (Å²) in [6, 6.07) is 17.2. The standard InChI is InChI=1S/C22H23N5O2/c1-29-20-8-6-19(7-9-20)27-22(28)24-21(25-27)18-10-12-26(13-11-18)15-17-4-2-16(14-23)3-5-17/h2-9,18H,10-13,15H2,1H3,(H,24,25,28). The molecule has 3 aromatic rings. The van der Waals surface area contributed by atoms with E-state index >= 15 is 0 Å². The molecule has 0 bridgehead atoms. The van der Waals surface area contributed by atoms with Gasteiger partial charge in [-0.25, -0.2) is 4.79 Å². The van der Waals surface area contributed by atoms with Crippen molar-refractivity contribution < 1.29 is 4.74 Å². The minimum atomic E-state index is -0.217. The van der Waals surface area contributed by atoms with Crippen molar-refractivity contribution in [3.8, 4) is 17.5 Å². The zero-order chi connectivity index (χ0) is 20.2. The number of nitrogens with zero attached hydrogens (tertiary/aromatic N) is 4. The molecule has 1 aromatic heterocycles. The average molecular weight is 389 g/mol. The SMILES string of the molecule is COc1ccc(-n2nc(C3CCN(Cc4ccc(C#N)cc4)CC3)[nH]c2=O)cc1. The molecule has 1 aliphatic heterocycles. The van der Waals surface area contributed by atoms with Gasteiger partial charge in [0.15, 0.2) is 0 Å². The van der Waals surface area contributed by atoms with E-state index in [0.29, 0.717) is 5.56 Å². The number of rotatable bonds is 5. The first-order valence-corrected chi connectivity index (χ1v) is 9.71. The van der Waals surface area contributed by atoms with E-state index in [2.05, 4.69) is 21.1 Å². The second-order valence-corrected chi connectivity index (χ2v) is 7.28. The highest BCUT2D eigenvalue weighted by atomic mass is 16.5. The van der Waals surface area contributed by atoms with Crippen molar-refractivity contribution in [3.63, 3.8) is 0 Å². The van der Waals surface area contributed by atoms with E-state index in [-0.39, 0.29) is 11.6 Å². The lowest BCUT2D eigenvalue weighted by Gasteiger charge is -2.30. The predicted molar refractivity (Wildman–Crippen MR) is 109 cm³/mol. The number of H-pyrrole nitrogens is 1. The molecule has 4 rings (SSSR count). The number of likely N-dealkylation sites (tertiary alicyclic amines) is 1. The van der Waals surface area contributed by atoms with Crippen LogP contribution in [0.1, 0.15) is 35.7 Å². The van der Waals surface area contributed by atoms with E-state index in [1.807, 2.05) is 48.5 Å². The van der Waals surface area contributed by atoms with Crippen LogP contribution in [-0.4, -0.2) is 39.9 Å². The van der Waals surface area contributed by atoms with Gasteiger partial charge in [-0.15, -0.1) is 5.10 Å². The summed E-state index contributed by atoms with van der Waals surface area (Å²) in [6.07, 6.45) is 1.90. The van der Waals surface area contributed by atoms with Gasteiger partial charge < -0.3 is 4.74 Å². The van der Waals surface area contributed by atoms with Crippen LogP contribution < -0.4 is 10.4 Å². The van der Waals surface area contributed by atoms with Crippen molar-refractivity contribution in [2.45, 2.75) is 25.3 Å². The summed E-state index contributed by atoms with van der Waals surface area (Å²) in [4.78, 5) is 17.7. The molecule has 0 amide bonds. The number of nitriles is 1. The Morgan fingerprint density at radius 1 is 1.14 bits per heavy atom. The van der Waals surface area contributed by atoms with E-state index in [1.54, 1.807) is 7.11 Å². The Labute approximate surface area is 169 Å². The summed E-state index contributed by atoms with van der Waals surface area (Å²) in [5, 5.41) is 13.5. The Morgan fingerprint density at radius 3 is 2.45 bits per heavy atom. The molecular weight excluding hydrogens is 366 g/mol. The maximum Gasteiger partial charge on any atom is 0.348 e. The molecule has 1 saturated heterocycles. The van der Waals surface area contributed by atoms with E-state index in [4.69, 9.17) is 10.00 Å². The monoisotopic (exact) mass is 389 g/mol. The van der Waals surface area contributed by atoms with Gasteiger partial charge in [0.25, 0.3) is 0 Å². The smallest absolute Gasteiger partial charge is 0.348 e. The molecule has 7 heteroatoms. The highest BCUT2D eigenvalue weighted by Gasteiger charge is 2.24. The van der Waals surface area contributed by atoms with Gasteiger partial charge in [-0.2, -0.15) is 9.94 Å². The quantitative estimate of drug-likeness (QED) is 0.725. The number of hydrogen-bond donors (Lipinski definition) is 1. The Kier molecular flexibility index (Phi) is 5.45. The fourth-order valence-electron chi connectivity index (χ4n) is 3.73. The van der Waals surface area contributed by atoms with Crippen molar-refractivity contribution in [2.24, 2.45) is 0 Å². The molecule has 0 unspecified atom stereocenters. The number of nitrogens with one attached hydrogen (secondary N) is 1. The Hall–Kier alpha value is -3.37. The molecule has 1 aliphatic rings.